The highest BCUT2D eigenvalue weighted by molar-refractivity contribution is 5.77. The van der Waals surface area contributed by atoms with Crippen molar-refractivity contribution in [2.24, 2.45) is 11.3 Å². The number of aryl methyl sites for hydroxylation is 1. The second-order valence-corrected chi connectivity index (χ2v) is 6.34. The average Bonchev–Trinajstić information content (AvgIpc) is 2.67. The summed E-state index contributed by atoms with van der Waals surface area (Å²) < 4.78 is 5.06. The molecule has 1 amide bonds. The highest BCUT2D eigenvalue weighted by atomic mass is 16.5. The molecule has 19 heavy (non-hydrogen) atoms. The van der Waals surface area contributed by atoms with Crippen LogP contribution in [0.15, 0.2) is 10.6 Å². The Morgan fingerprint density at radius 2 is 2.26 bits per heavy atom. The van der Waals surface area contributed by atoms with E-state index in [1.807, 2.05) is 13.0 Å². The van der Waals surface area contributed by atoms with Crippen LogP contribution in [0.1, 0.15) is 51.0 Å². The topological polar surface area (TPSA) is 55.1 Å². The van der Waals surface area contributed by atoms with E-state index in [0.717, 1.165) is 12.2 Å². The number of hydrogen-bond acceptors (Lipinski definition) is 3. The molecule has 0 spiro atoms. The van der Waals surface area contributed by atoms with Crippen LogP contribution in [-0.2, 0) is 11.2 Å². The maximum absolute atomic E-state index is 11.9. The van der Waals surface area contributed by atoms with Crippen LogP contribution in [0.2, 0.25) is 0 Å². The van der Waals surface area contributed by atoms with E-state index < -0.39 is 0 Å². The zero-order chi connectivity index (χ0) is 13.9. The molecule has 1 aromatic heterocycles. The summed E-state index contributed by atoms with van der Waals surface area (Å²) in [4.78, 5) is 11.9. The van der Waals surface area contributed by atoms with Crippen molar-refractivity contribution >= 4 is 5.91 Å². The van der Waals surface area contributed by atoms with Gasteiger partial charge in [0, 0.05) is 12.6 Å². The molecule has 0 aromatic carbocycles. The Morgan fingerprint density at radius 1 is 1.53 bits per heavy atom. The van der Waals surface area contributed by atoms with Crippen LogP contribution in [0.4, 0.5) is 0 Å². The molecule has 1 N–H and O–H groups in total. The van der Waals surface area contributed by atoms with Gasteiger partial charge in [0.2, 0.25) is 5.91 Å². The number of nitrogens with one attached hydrogen (secondary N) is 1. The lowest BCUT2D eigenvalue weighted by Gasteiger charge is -2.43. The van der Waals surface area contributed by atoms with E-state index in [1.54, 1.807) is 0 Å². The van der Waals surface area contributed by atoms with Crippen LogP contribution in [0.5, 0.6) is 0 Å². The molecule has 4 nitrogen and oxygen atoms in total. The number of amides is 1. The maximum Gasteiger partial charge on any atom is 0.227 e. The van der Waals surface area contributed by atoms with Gasteiger partial charge in [-0.1, -0.05) is 25.4 Å². The number of carbonyl (C=O) groups is 1. The van der Waals surface area contributed by atoms with Gasteiger partial charge in [0.25, 0.3) is 0 Å². The molecule has 1 saturated carbocycles. The van der Waals surface area contributed by atoms with E-state index in [9.17, 15) is 4.79 Å². The fourth-order valence-electron chi connectivity index (χ4n) is 3.00. The van der Waals surface area contributed by atoms with Crippen LogP contribution in [0.3, 0.4) is 0 Å². The van der Waals surface area contributed by atoms with Gasteiger partial charge in [-0.15, -0.1) is 0 Å². The summed E-state index contributed by atoms with van der Waals surface area (Å²) in [5.74, 6) is 1.36. The molecule has 4 heteroatoms. The van der Waals surface area contributed by atoms with Gasteiger partial charge in [-0.05, 0) is 37.5 Å². The third-order valence-corrected chi connectivity index (χ3v) is 3.93. The van der Waals surface area contributed by atoms with Gasteiger partial charge < -0.3 is 9.84 Å². The monoisotopic (exact) mass is 264 g/mol. The first-order chi connectivity index (χ1) is 8.99. The predicted molar refractivity (Wildman–Crippen MR) is 73.7 cm³/mol. The van der Waals surface area contributed by atoms with E-state index in [-0.39, 0.29) is 5.91 Å². The first-order valence-electron chi connectivity index (χ1n) is 7.18. The average molecular weight is 264 g/mol. The smallest absolute Gasteiger partial charge is 0.227 e. The summed E-state index contributed by atoms with van der Waals surface area (Å²) >= 11 is 0. The van der Waals surface area contributed by atoms with Crippen molar-refractivity contribution in [2.45, 2.75) is 52.9 Å². The molecule has 0 radical (unpaired) electrons. The van der Waals surface area contributed by atoms with E-state index in [2.05, 4.69) is 24.3 Å². The molecule has 1 fully saturated rings. The number of carbonyl (C=O) groups excluding carboxylic acids is 1. The van der Waals surface area contributed by atoms with E-state index in [0.29, 0.717) is 23.5 Å². The molecule has 1 heterocycles. The van der Waals surface area contributed by atoms with Crippen molar-refractivity contribution in [3.05, 3.63) is 17.5 Å². The first-order valence-corrected chi connectivity index (χ1v) is 7.18. The summed E-state index contributed by atoms with van der Waals surface area (Å²) in [6, 6.07) is 1.81. The molecule has 0 atom stereocenters. The Morgan fingerprint density at radius 3 is 2.74 bits per heavy atom. The number of hydrogen-bond donors (Lipinski definition) is 1. The fraction of sp³-hybridized carbons (Fsp3) is 0.733. The molecule has 0 unspecified atom stereocenters. The van der Waals surface area contributed by atoms with Gasteiger partial charge in [0.1, 0.15) is 5.76 Å². The van der Waals surface area contributed by atoms with E-state index in [1.165, 1.54) is 25.7 Å². The Labute approximate surface area is 114 Å². The molecule has 0 aliphatic heterocycles. The molecule has 0 bridgehead atoms. The largest absolute Gasteiger partial charge is 0.361 e. The molecule has 1 aliphatic rings. The SMILES string of the molecule is Cc1cc(CC(=O)NCC2(CC(C)C)CCC2)on1. The number of aromatic nitrogens is 1. The standard InChI is InChI=1S/C15H24N2O2/c1-11(2)9-15(5-4-6-15)10-16-14(18)8-13-7-12(3)17-19-13/h7,11H,4-6,8-10H2,1-3H3,(H,16,18). The Hall–Kier alpha value is -1.32. The lowest BCUT2D eigenvalue weighted by molar-refractivity contribution is -0.121. The van der Waals surface area contributed by atoms with Gasteiger partial charge in [0.15, 0.2) is 0 Å². The second-order valence-electron chi connectivity index (χ2n) is 6.34. The zero-order valence-electron chi connectivity index (χ0n) is 12.2. The minimum Gasteiger partial charge on any atom is -0.361 e. The quantitative estimate of drug-likeness (QED) is 0.859. The third kappa shape index (κ3) is 3.82. The van der Waals surface area contributed by atoms with Gasteiger partial charge in [-0.25, -0.2) is 0 Å². The third-order valence-electron chi connectivity index (χ3n) is 3.93. The van der Waals surface area contributed by atoms with Crippen molar-refractivity contribution in [3.8, 4) is 0 Å². The summed E-state index contributed by atoms with van der Waals surface area (Å²) in [6.45, 7) is 7.16. The minimum atomic E-state index is 0.0335. The van der Waals surface area contributed by atoms with Crippen molar-refractivity contribution in [3.63, 3.8) is 0 Å². The zero-order valence-corrected chi connectivity index (χ0v) is 12.2. The lowest BCUT2D eigenvalue weighted by Crippen LogP contribution is -2.43. The predicted octanol–water partition coefficient (Wildman–Crippen LogP) is 2.86. The minimum absolute atomic E-state index is 0.0335. The Balaban J connectivity index is 1.79. The van der Waals surface area contributed by atoms with Gasteiger partial charge in [0.05, 0.1) is 12.1 Å². The Bertz CT molecular complexity index is 433. The molecule has 0 saturated heterocycles. The van der Waals surface area contributed by atoms with E-state index in [4.69, 9.17) is 4.52 Å². The van der Waals surface area contributed by atoms with Crippen LogP contribution >= 0.6 is 0 Å². The molecular formula is C15H24N2O2. The summed E-state index contributed by atoms with van der Waals surface area (Å²) in [7, 11) is 0. The van der Waals surface area contributed by atoms with Gasteiger partial charge >= 0.3 is 0 Å². The van der Waals surface area contributed by atoms with Crippen LogP contribution in [-0.4, -0.2) is 17.6 Å². The molecule has 106 valence electrons. The summed E-state index contributed by atoms with van der Waals surface area (Å²) in [6.07, 6.45) is 5.27. The molecular weight excluding hydrogens is 240 g/mol. The molecule has 2 rings (SSSR count). The number of nitrogens with zero attached hydrogens (tertiary/aromatic N) is 1. The van der Waals surface area contributed by atoms with Gasteiger partial charge in [-0.2, -0.15) is 0 Å². The van der Waals surface area contributed by atoms with E-state index >= 15 is 0 Å². The van der Waals surface area contributed by atoms with Crippen LogP contribution < -0.4 is 5.32 Å². The lowest BCUT2D eigenvalue weighted by atomic mass is 9.64. The highest BCUT2D eigenvalue weighted by Crippen LogP contribution is 2.45. The molecule has 1 aromatic rings. The van der Waals surface area contributed by atoms with Crippen molar-refractivity contribution in [1.29, 1.82) is 0 Å². The second kappa shape index (κ2) is 5.76. The normalized spacial score (nSPS) is 17.3. The van der Waals surface area contributed by atoms with Crippen molar-refractivity contribution in [2.75, 3.05) is 6.54 Å². The van der Waals surface area contributed by atoms with Crippen LogP contribution in [0.25, 0.3) is 0 Å². The summed E-state index contributed by atoms with van der Waals surface area (Å²) in [5, 5.41) is 6.85. The molecule has 1 aliphatic carbocycles. The fourth-order valence-corrected chi connectivity index (χ4v) is 3.00. The Kier molecular flexibility index (Phi) is 4.27. The van der Waals surface area contributed by atoms with Crippen LogP contribution in [0, 0.1) is 18.3 Å². The van der Waals surface area contributed by atoms with Crippen molar-refractivity contribution in [1.82, 2.24) is 10.5 Å². The summed E-state index contributed by atoms with van der Waals surface area (Å²) in [5.41, 5.74) is 1.17. The first kappa shape index (κ1) is 14.1. The highest BCUT2D eigenvalue weighted by Gasteiger charge is 2.37. The van der Waals surface area contributed by atoms with Crippen molar-refractivity contribution < 1.29 is 9.32 Å². The number of rotatable bonds is 6. The van der Waals surface area contributed by atoms with Gasteiger partial charge in [-0.3, -0.25) is 4.79 Å². The maximum atomic E-state index is 11.9.